The van der Waals surface area contributed by atoms with Crippen LogP contribution in [0.2, 0.25) is 0 Å². The number of unbranched alkanes of at least 4 members (excludes halogenated alkanes) is 1. The van der Waals surface area contributed by atoms with Crippen molar-refractivity contribution in [2.24, 2.45) is 0 Å². The Morgan fingerprint density at radius 3 is 2.42 bits per heavy atom. The monoisotopic (exact) mass is 507 g/mol. The van der Waals surface area contributed by atoms with Gasteiger partial charge in [-0.05, 0) is 68.8 Å². The number of fused-ring (bicyclic) bond motifs is 1. The molecule has 0 bridgehead atoms. The second-order valence-corrected chi connectivity index (χ2v) is 10.6. The van der Waals surface area contributed by atoms with Crippen molar-refractivity contribution in [2.45, 2.75) is 31.6 Å². The van der Waals surface area contributed by atoms with Crippen LogP contribution >= 0.6 is 15.9 Å². The van der Waals surface area contributed by atoms with Crippen molar-refractivity contribution in [3.05, 3.63) is 63.0 Å². The highest BCUT2D eigenvalue weighted by Crippen LogP contribution is 2.43. The number of likely N-dealkylation sites (N-methyl/N-ethyl adjacent to an activating group) is 1. The average molecular weight is 508 g/mol. The first-order valence-corrected chi connectivity index (χ1v) is 12.9. The lowest BCUT2D eigenvalue weighted by Gasteiger charge is -2.19. The van der Waals surface area contributed by atoms with Crippen LogP contribution in [-0.4, -0.2) is 53.3 Å². The highest BCUT2D eigenvalue weighted by Gasteiger charge is 2.33. The van der Waals surface area contributed by atoms with Crippen molar-refractivity contribution in [1.82, 2.24) is 4.90 Å². The molecule has 0 spiro atoms. The van der Waals surface area contributed by atoms with Gasteiger partial charge in [-0.1, -0.05) is 35.0 Å². The summed E-state index contributed by atoms with van der Waals surface area (Å²) in [6.07, 6.45) is 1.93. The smallest absolute Gasteiger partial charge is 0.203 e. The van der Waals surface area contributed by atoms with Crippen LogP contribution in [0.3, 0.4) is 0 Å². The molecule has 0 N–H and O–H groups in total. The van der Waals surface area contributed by atoms with Gasteiger partial charge in [0.2, 0.25) is 9.84 Å². The highest BCUT2D eigenvalue weighted by atomic mass is 79.9. The molecule has 168 valence electrons. The normalized spacial score (nSPS) is 14.9. The number of hydrogen-bond donors (Lipinski definition) is 0. The van der Waals surface area contributed by atoms with Gasteiger partial charge in [-0.15, -0.1) is 0 Å². The predicted molar refractivity (Wildman–Crippen MR) is 128 cm³/mol. The summed E-state index contributed by atoms with van der Waals surface area (Å²) in [5, 5.41) is 0. The Labute approximate surface area is 194 Å². The number of allylic oxidation sites excluding steroid dienone is 1. The number of sulfone groups is 1. The summed E-state index contributed by atoms with van der Waals surface area (Å²) in [4.78, 5) is 3.07. The molecule has 0 unspecified atom stereocenters. The van der Waals surface area contributed by atoms with E-state index in [1.165, 1.54) is 0 Å². The molecule has 1 aliphatic rings. The lowest BCUT2D eigenvalue weighted by molar-refractivity contribution is 0.148. The van der Waals surface area contributed by atoms with Crippen LogP contribution in [-0.2, 0) is 14.6 Å². The molecule has 0 aliphatic carbocycles. The molecule has 2 aromatic rings. The van der Waals surface area contributed by atoms with Gasteiger partial charge >= 0.3 is 0 Å². The van der Waals surface area contributed by atoms with E-state index in [2.05, 4.69) is 27.8 Å². The fraction of sp³-hybridized carbons (Fsp3) is 0.417. The number of nitrogens with zero attached hydrogens (tertiary/aromatic N) is 1. The van der Waals surface area contributed by atoms with Crippen molar-refractivity contribution < 1.29 is 17.9 Å². The van der Waals surface area contributed by atoms with E-state index in [9.17, 15) is 8.42 Å². The minimum atomic E-state index is -3.50. The van der Waals surface area contributed by atoms with E-state index in [1.807, 2.05) is 36.4 Å². The number of methoxy groups -OCH3 is 1. The summed E-state index contributed by atoms with van der Waals surface area (Å²) in [7, 11) is -1.78. The largest absolute Gasteiger partial charge is 0.494 e. The Morgan fingerprint density at radius 2 is 1.74 bits per heavy atom. The number of benzene rings is 2. The summed E-state index contributed by atoms with van der Waals surface area (Å²) in [6.45, 7) is 8.06. The van der Waals surface area contributed by atoms with Gasteiger partial charge in [0.15, 0.2) is 0 Å². The molecule has 0 radical (unpaired) electrons. The maximum absolute atomic E-state index is 13.0. The molecule has 0 amide bonds. The molecule has 31 heavy (non-hydrogen) atoms. The Morgan fingerprint density at radius 1 is 1.00 bits per heavy atom. The first-order valence-electron chi connectivity index (χ1n) is 10.6. The maximum atomic E-state index is 13.0. The molecule has 5 nitrogen and oxygen atoms in total. The van der Waals surface area contributed by atoms with E-state index in [4.69, 9.17) is 9.47 Å². The predicted octanol–water partition coefficient (Wildman–Crippen LogP) is 5.14. The molecule has 0 fully saturated rings. The van der Waals surface area contributed by atoms with E-state index < -0.39 is 9.84 Å². The first kappa shape index (κ1) is 24.0. The molecule has 0 atom stereocenters. The van der Waals surface area contributed by atoms with Gasteiger partial charge in [0, 0.05) is 29.3 Å². The van der Waals surface area contributed by atoms with E-state index in [1.54, 1.807) is 20.1 Å². The Kier molecular flexibility index (Phi) is 8.33. The molecule has 1 heterocycles. The van der Waals surface area contributed by atoms with Crippen LogP contribution in [0, 0.1) is 0 Å². The van der Waals surface area contributed by atoms with Crippen molar-refractivity contribution >= 4 is 31.3 Å². The van der Waals surface area contributed by atoms with Gasteiger partial charge in [-0.2, -0.15) is 0 Å². The number of ether oxygens (including phenoxy) is 2. The summed E-state index contributed by atoms with van der Waals surface area (Å²) in [5.74, 6) is 0.596. The Balaban J connectivity index is 1.65. The van der Waals surface area contributed by atoms with E-state index in [-0.39, 0.29) is 0 Å². The second kappa shape index (κ2) is 10.8. The molecule has 0 aromatic heterocycles. The van der Waals surface area contributed by atoms with Crippen LogP contribution < -0.4 is 4.74 Å². The minimum absolute atomic E-state index is 0.331. The van der Waals surface area contributed by atoms with Crippen LogP contribution in [0.15, 0.2) is 56.7 Å². The third-order valence-electron chi connectivity index (χ3n) is 5.60. The zero-order valence-corrected chi connectivity index (χ0v) is 20.8. The summed E-state index contributed by atoms with van der Waals surface area (Å²) in [5.41, 5.74) is 2.40. The van der Waals surface area contributed by atoms with Crippen LogP contribution in [0.5, 0.6) is 5.75 Å². The minimum Gasteiger partial charge on any atom is -0.494 e. The molecule has 3 rings (SSSR count). The lowest BCUT2D eigenvalue weighted by Crippen LogP contribution is -2.28. The highest BCUT2D eigenvalue weighted by molar-refractivity contribution is 9.10. The van der Waals surface area contributed by atoms with E-state index in [0.717, 1.165) is 60.3 Å². The second-order valence-electron chi connectivity index (χ2n) is 7.58. The quantitative estimate of drug-likeness (QED) is 0.394. The van der Waals surface area contributed by atoms with Crippen molar-refractivity contribution in [3.8, 4) is 5.75 Å². The van der Waals surface area contributed by atoms with E-state index >= 15 is 0 Å². The van der Waals surface area contributed by atoms with Gasteiger partial charge in [0.1, 0.15) is 5.75 Å². The molecule has 0 saturated heterocycles. The molecule has 2 aromatic carbocycles. The first-order chi connectivity index (χ1) is 14.9. The lowest BCUT2D eigenvalue weighted by atomic mass is 9.98. The fourth-order valence-electron chi connectivity index (χ4n) is 3.76. The zero-order chi connectivity index (χ0) is 22.4. The standard InChI is InChI=1S/C24H30BrNO4S/c1-4-26(14-16-29-3)13-5-6-15-30-21-11-12-22-23(17-21)31(27,28)18(2)24(22)19-7-9-20(25)10-8-19/h7-12,17H,4-6,13-16H2,1-3H3. The molecule has 1 aliphatic heterocycles. The molecule has 7 heteroatoms. The average Bonchev–Trinajstić information content (AvgIpc) is 2.96. The van der Waals surface area contributed by atoms with Gasteiger partial charge in [0.05, 0.1) is 23.0 Å². The topological polar surface area (TPSA) is 55.8 Å². The van der Waals surface area contributed by atoms with Crippen molar-refractivity contribution in [1.29, 1.82) is 0 Å². The number of halogens is 1. The van der Waals surface area contributed by atoms with Crippen LogP contribution in [0.1, 0.15) is 37.8 Å². The van der Waals surface area contributed by atoms with Crippen LogP contribution in [0.25, 0.3) is 5.57 Å². The number of rotatable bonds is 11. The maximum Gasteiger partial charge on any atom is 0.203 e. The molecular formula is C24H30BrNO4S. The molecular weight excluding hydrogens is 478 g/mol. The fourth-order valence-corrected chi connectivity index (χ4v) is 5.58. The third-order valence-corrected chi connectivity index (χ3v) is 8.05. The van der Waals surface area contributed by atoms with Gasteiger partial charge in [-0.25, -0.2) is 8.42 Å². The van der Waals surface area contributed by atoms with Crippen LogP contribution in [0.4, 0.5) is 0 Å². The SMILES string of the molecule is CCN(CCCCOc1ccc2c(c1)S(=O)(=O)C(C)=C2c1ccc(Br)cc1)CCOC. The molecule has 0 saturated carbocycles. The third kappa shape index (κ3) is 5.58. The summed E-state index contributed by atoms with van der Waals surface area (Å²) >= 11 is 3.43. The Bertz CT molecular complexity index is 1030. The van der Waals surface area contributed by atoms with Crippen molar-refractivity contribution in [3.63, 3.8) is 0 Å². The van der Waals surface area contributed by atoms with Crippen molar-refractivity contribution in [2.75, 3.05) is 40.0 Å². The van der Waals surface area contributed by atoms with Gasteiger partial charge in [-0.3, -0.25) is 0 Å². The zero-order valence-electron chi connectivity index (χ0n) is 18.4. The van der Waals surface area contributed by atoms with Gasteiger partial charge in [0.25, 0.3) is 0 Å². The number of hydrogen-bond acceptors (Lipinski definition) is 5. The van der Waals surface area contributed by atoms with E-state index in [0.29, 0.717) is 22.2 Å². The Hall–Kier alpha value is -1.67. The summed E-state index contributed by atoms with van der Waals surface area (Å²) < 4.78 is 38.0. The van der Waals surface area contributed by atoms with Gasteiger partial charge < -0.3 is 14.4 Å². The summed E-state index contributed by atoms with van der Waals surface area (Å²) in [6, 6.07) is 13.1.